The van der Waals surface area contributed by atoms with Crippen molar-refractivity contribution in [3.05, 3.63) is 23.9 Å². The molecule has 5 nitrogen and oxygen atoms in total. The van der Waals surface area contributed by atoms with Crippen LogP contribution in [-0.4, -0.2) is 53.6 Å². The number of halogens is 2. The van der Waals surface area contributed by atoms with Crippen molar-refractivity contribution in [2.24, 2.45) is 0 Å². The Morgan fingerprint density at radius 3 is 2.84 bits per heavy atom. The molecule has 0 aliphatic carbocycles. The van der Waals surface area contributed by atoms with E-state index in [4.69, 9.17) is 9.84 Å². The number of likely N-dealkylation sites (N-methyl/N-ethyl adjacent to an activating group) is 1. The first-order chi connectivity index (χ1) is 9.08. The van der Waals surface area contributed by atoms with Gasteiger partial charge in [0, 0.05) is 19.2 Å². The van der Waals surface area contributed by atoms with Gasteiger partial charge in [-0.05, 0) is 13.0 Å². The van der Waals surface area contributed by atoms with Crippen LogP contribution < -0.4 is 4.74 Å². The van der Waals surface area contributed by atoms with Gasteiger partial charge in [-0.2, -0.15) is 0 Å². The average molecular weight is 274 g/mol. The number of pyridine rings is 1. The molecule has 0 atom stereocenters. The van der Waals surface area contributed by atoms with Crippen molar-refractivity contribution in [2.45, 2.75) is 13.3 Å². The lowest BCUT2D eigenvalue weighted by atomic mass is 10.3. The third kappa shape index (κ3) is 4.78. The minimum Gasteiger partial charge on any atom is -0.472 e. The minimum atomic E-state index is -2.59. The van der Waals surface area contributed by atoms with Crippen molar-refractivity contribution in [3.63, 3.8) is 0 Å². The van der Waals surface area contributed by atoms with Gasteiger partial charge < -0.3 is 14.7 Å². The van der Waals surface area contributed by atoms with Crippen molar-refractivity contribution in [1.82, 2.24) is 9.88 Å². The lowest BCUT2D eigenvalue weighted by Crippen LogP contribution is -2.33. The molecule has 19 heavy (non-hydrogen) atoms. The Balaban J connectivity index is 2.77. The molecule has 1 amide bonds. The van der Waals surface area contributed by atoms with Crippen molar-refractivity contribution >= 4 is 5.91 Å². The molecule has 1 aromatic rings. The molecule has 1 rings (SSSR count). The zero-order valence-corrected chi connectivity index (χ0v) is 10.6. The van der Waals surface area contributed by atoms with Gasteiger partial charge in [0.15, 0.2) is 6.61 Å². The Hall–Kier alpha value is -1.76. The van der Waals surface area contributed by atoms with Crippen LogP contribution in [0.4, 0.5) is 8.78 Å². The molecule has 0 saturated carbocycles. The van der Waals surface area contributed by atoms with E-state index in [1.807, 2.05) is 0 Å². The zero-order valence-electron chi connectivity index (χ0n) is 10.6. The zero-order chi connectivity index (χ0) is 14.3. The molecule has 106 valence electrons. The second kappa shape index (κ2) is 7.63. The monoisotopic (exact) mass is 274 g/mol. The van der Waals surface area contributed by atoms with E-state index in [9.17, 15) is 13.6 Å². The van der Waals surface area contributed by atoms with Crippen molar-refractivity contribution < 1.29 is 23.4 Å². The van der Waals surface area contributed by atoms with Gasteiger partial charge in [-0.3, -0.25) is 4.79 Å². The van der Waals surface area contributed by atoms with E-state index in [1.54, 1.807) is 6.92 Å². The first-order valence-electron chi connectivity index (χ1n) is 5.86. The molecule has 0 fully saturated rings. The van der Waals surface area contributed by atoms with Crippen LogP contribution >= 0.6 is 0 Å². The topological polar surface area (TPSA) is 62.7 Å². The molecule has 1 aromatic heterocycles. The molecule has 0 aliphatic rings. The second-order valence-electron chi connectivity index (χ2n) is 3.67. The maximum atomic E-state index is 12.0. The van der Waals surface area contributed by atoms with E-state index in [1.165, 1.54) is 23.1 Å². The van der Waals surface area contributed by atoms with Crippen LogP contribution in [0.1, 0.15) is 17.4 Å². The molecular formula is C12H16F2N2O3. The highest BCUT2D eigenvalue weighted by atomic mass is 19.3. The summed E-state index contributed by atoms with van der Waals surface area (Å²) in [6, 6.07) is 4.38. The summed E-state index contributed by atoms with van der Waals surface area (Å²) in [6.07, 6.45) is -2.59. The maximum Gasteiger partial charge on any atom is 0.272 e. The molecule has 0 unspecified atom stereocenters. The van der Waals surface area contributed by atoms with E-state index in [0.29, 0.717) is 6.54 Å². The number of amides is 1. The summed E-state index contributed by atoms with van der Waals surface area (Å²) >= 11 is 0. The maximum absolute atomic E-state index is 12.0. The Labute approximate surface area is 109 Å². The largest absolute Gasteiger partial charge is 0.472 e. The fourth-order valence-corrected chi connectivity index (χ4v) is 1.45. The van der Waals surface area contributed by atoms with Crippen LogP contribution in [0.15, 0.2) is 18.2 Å². The summed E-state index contributed by atoms with van der Waals surface area (Å²) in [5, 5.41) is 8.84. The summed E-state index contributed by atoms with van der Waals surface area (Å²) in [4.78, 5) is 17.3. The molecule has 0 spiro atoms. The van der Waals surface area contributed by atoms with Crippen LogP contribution in [0, 0.1) is 0 Å². The average Bonchev–Trinajstić information content (AvgIpc) is 2.42. The Morgan fingerprint density at radius 2 is 2.26 bits per heavy atom. The van der Waals surface area contributed by atoms with Gasteiger partial charge >= 0.3 is 0 Å². The highest BCUT2D eigenvalue weighted by molar-refractivity contribution is 5.92. The summed E-state index contributed by atoms with van der Waals surface area (Å²) in [5.41, 5.74) is 0.0991. The summed E-state index contributed by atoms with van der Waals surface area (Å²) < 4.78 is 28.8. The molecule has 0 saturated heterocycles. The summed E-state index contributed by atoms with van der Waals surface area (Å²) in [5.74, 6) is -0.398. The smallest absolute Gasteiger partial charge is 0.272 e. The SMILES string of the molecule is CCN(CCO)C(=O)c1cccc(OCC(F)F)n1. The normalized spacial score (nSPS) is 10.6. The fourth-order valence-electron chi connectivity index (χ4n) is 1.45. The molecule has 0 radical (unpaired) electrons. The van der Waals surface area contributed by atoms with Crippen LogP contribution in [0.2, 0.25) is 0 Å². The number of hydrogen-bond donors (Lipinski definition) is 1. The molecule has 1 N–H and O–H groups in total. The fraction of sp³-hybridized carbons (Fsp3) is 0.500. The van der Waals surface area contributed by atoms with Gasteiger partial charge in [0.05, 0.1) is 6.61 Å². The van der Waals surface area contributed by atoms with Crippen LogP contribution in [0.25, 0.3) is 0 Å². The van der Waals surface area contributed by atoms with Crippen molar-refractivity contribution in [1.29, 1.82) is 0 Å². The first kappa shape index (κ1) is 15.3. The summed E-state index contributed by atoms with van der Waals surface area (Å²) in [7, 11) is 0. The predicted molar refractivity (Wildman–Crippen MR) is 64.4 cm³/mol. The number of aliphatic hydroxyl groups is 1. The highest BCUT2D eigenvalue weighted by Crippen LogP contribution is 2.10. The predicted octanol–water partition coefficient (Wildman–Crippen LogP) is 1.18. The van der Waals surface area contributed by atoms with Gasteiger partial charge in [-0.1, -0.05) is 6.07 Å². The third-order valence-corrected chi connectivity index (χ3v) is 2.34. The van der Waals surface area contributed by atoms with Gasteiger partial charge in [0.2, 0.25) is 5.88 Å². The molecule has 1 heterocycles. The van der Waals surface area contributed by atoms with E-state index in [-0.39, 0.29) is 30.6 Å². The first-order valence-corrected chi connectivity index (χ1v) is 5.86. The third-order valence-electron chi connectivity index (χ3n) is 2.34. The minimum absolute atomic E-state index is 0.0220. The number of alkyl halides is 2. The van der Waals surface area contributed by atoms with Crippen LogP contribution in [-0.2, 0) is 0 Å². The van der Waals surface area contributed by atoms with E-state index in [0.717, 1.165) is 0 Å². The standard InChI is InChI=1S/C12H16F2N2O3/c1-2-16(6-7-17)12(18)9-4-3-5-11(15-9)19-8-10(13)14/h3-5,10,17H,2,6-8H2,1H3. The van der Waals surface area contributed by atoms with Crippen molar-refractivity contribution in [3.8, 4) is 5.88 Å². The lowest BCUT2D eigenvalue weighted by molar-refractivity contribution is 0.0717. The number of nitrogens with zero attached hydrogens (tertiary/aromatic N) is 2. The van der Waals surface area contributed by atoms with Gasteiger partial charge in [-0.15, -0.1) is 0 Å². The highest BCUT2D eigenvalue weighted by Gasteiger charge is 2.16. The van der Waals surface area contributed by atoms with E-state index < -0.39 is 13.0 Å². The van der Waals surface area contributed by atoms with Crippen LogP contribution in [0.3, 0.4) is 0 Å². The number of rotatable bonds is 7. The number of carbonyl (C=O) groups is 1. The number of aliphatic hydroxyl groups excluding tert-OH is 1. The lowest BCUT2D eigenvalue weighted by Gasteiger charge is -2.19. The number of aromatic nitrogens is 1. The molecule has 0 bridgehead atoms. The molecule has 7 heteroatoms. The second-order valence-corrected chi connectivity index (χ2v) is 3.67. The van der Waals surface area contributed by atoms with Crippen LogP contribution in [0.5, 0.6) is 5.88 Å². The quantitative estimate of drug-likeness (QED) is 0.811. The van der Waals surface area contributed by atoms with E-state index in [2.05, 4.69) is 4.98 Å². The van der Waals surface area contributed by atoms with Crippen molar-refractivity contribution in [2.75, 3.05) is 26.3 Å². The molecular weight excluding hydrogens is 258 g/mol. The number of carbonyl (C=O) groups excluding carboxylic acids is 1. The Morgan fingerprint density at radius 1 is 1.53 bits per heavy atom. The van der Waals surface area contributed by atoms with E-state index >= 15 is 0 Å². The number of ether oxygens (including phenoxy) is 1. The van der Waals surface area contributed by atoms with Gasteiger partial charge in [0.1, 0.15) is 5.69 Å². The number of hydrogen-bond acceptors (Lipinski definition) is 4. The summed E-state index contributed by atoms with van der Waals surface area (Å²) in [6.45, 7) is 1.47. The molecule has 0 aromatic carbocycles. The Bertz CT molecular complexity index is 416. The molecule has 0 aliphatic heterocycles. The van der Waals surface area contributed by atoms with Gasteiger partial charge in [0.25, 0.3) is 12.3 Å². The van der Waals surface area contributed by atoms with Gasteiger partial charge in [-0.25, -0.2) is 13.8 Å². The Kier molecular flexibility index (Phi) is 6.14.